The summed E-state index contributed by atoms with van der Waals surface area (Å²) in [4.78, 5) is 0. The van der Waals surface area contributed by atoms with Gasteiger partial charge in [-0.1, -0.05) is 13.8 Å². The van der Waals surface area contributed by atoms with E-state index in [1.165, 1.54) is 5.56 Å². The SMILES string of the molecule is Cc1nn(C(C)(C)C)cc1C(C)NC(CO)CC(C)C. The van der Waals surface area contributed by atoms with Crippen LogP contribution < -0.4 is 5.32 Å². The number of aryl methyl sites for hydroxylation is 1. The molecular weight excluding hydrogens is 250 g/mol. The summed E-state index contributed by atoms with van der Waals surface area (Å²) in [5.41, 5.74) is 2.26. The van der Waals surface area contributed by atoms with Crippen LogP contribution in [-0.4, -0.2) is 27.5 Å². The van der Waals surface area contributed by atoms with Gasteiger partial charge in [0.15, 0.2) is 0 Å². The Labute approximate surface area is 123 Å². The molecule has 0 spiro atoms. The van der Waals surface area contributed by atoms with Crippen molar-refractivity contribution >= 4 is 0 Å². The molecule has 2 atom stereocenters. The van der Waals surface area contributed by atoms with E-state index in [9.17, 15) is 5.11 Å². The molecule has 0 aliphatic heterocycles. The second-order valence-corrected chi connectivity index (χ2v) is 7.18. The lowest BCUT2D eigenvalue weighted by molar-refractivity contribution is 0.215. The molecule has 0 saturated carbocycles. The van der Waals surface area contributed by atoms with Crippen LogP contribution in [0.25, 0.3) is 0 Å². The van der Waals surface area contributed by atoms with Gasteiger partial charge < -0.3 is 10.4 Å². The second-order valence-electron chi connectivity index (χ2n) is 7.18. The third-order valence-corrected chi connectivity index (χ3v) is 3.55. The molecule has 0 aromatic carbocycles. The molecule has 116 valence electrons. The van der Waals surface area contributed by atoms with Gasteiger partial charge in [-0.2, -0.15) is 5.10 Å². The van der Waals surface area contributed by atoms with Gasteiger partial charge in [-0.3, -0.25) is 4.68 Å². The number of hydrogen-bond acceptors (Lipinski definition) is 3. The summed E-state index contributed by atoms with van der Waals surface area (Å²) in [5, 5.41) is 17.6. The zero-order chi connectivity index (χ0) is 15.5. The molecule has 0 aliphatic rings. The van der Waals surface area contributed by atoms with E-state index >= 15 is 0 Å². The van der Waals surface area contributed by atoms with Crippen molar-refractivity contribution in [2.45, 2.75) is 72.5 Å². The Kier molecular flexibility index (Phi) is 5.78. The number of nitrogens with zero attached hydrogens (tertiary/aromatic N) is 2. The van der Waals surface area contributed by atoms with Crippen LogP contribution >= 0.6 is 0 Å². The lowest BCUT2D eigenvalue weighted by Gasteiger charge is -2.23. The Morgan fingerprint density at radius 3 is 2.30 bits per heavy atom. The van der Waals surface area contributed by atoms with Crippen LogP contribution in [0.4, 0.5) is 0 Å². The summed E-state index contributed by atoms with van der Waals surface area (Å²) < 4.78 is 2.02. The van der Waals surface area contributed by atoms with Crippen molar-refractivity contribution in [2.24, 2.45) is 5.92 Å². The molecule has 0 aliphatic carbocycles. The second kappa shape index (κ2) is 6.72. The highest BCUT2D eigenvalue weighted by molar-refractivity contribution is 5.20. The van der Waals surface area contributed by atoms with Gasteiger partial charge in [-0.25, -0.2) is 0 Å². The fourth-order valence-electron chi connectivity index (χ4n) is 2.45. The molecule has 0 bridgehead atoms. The predicted octanol–water partition coefficient (Wildman–Crippen LogP) is 3.00. The van der Waals surface area contributed by atoms with Gasteiger partial charge in [-0.15, -0.1) is 0 Å². The Morgan fingerprint density at radius 1 is 1.30 bits per heavy atom. The summed E-state index contributed by atoms with van der Waals surface area (Å²) in [5.74, 6) is 0.574. The molecule has 0 fully saturated rings. The first-order valence-electron chi connectivity index (χ1n) is 7.58. The number of rotatable bonds is 6. The van der Waals surface area contributed by atoms with Crippen LogP contribution in [0.3, 0.4) is 0 Å². The van der Waals surface area contributed by atoms with E-state index in [2.05, 4.69) is 58.2 Å². The van der Waals surface area contributed by atoms with Gasteiger partial charge in [0.05, 0.1) is 17.8 Å². The highest BCUT2D eigenvalue weighted by atomic mass is 16.3. The standard InChI is InChI=1S/C16H31N3O/c1-11(2)8-14(10-20)17-12(3)15-9-19(16(5,6)7)18-13(15)4/h9,11-12,14,17,20H,8,10H2,1-7H3. The quantitative estimate of drug-likeness (QED) is 0.843. The Hall–Kier alpha value is -0.870. The van der Waals surface area contributed by atoms with Crippen molar-refractivity contribution in [1.82, 2.24) is 15.1 Å². The van der Waals surface area contributed by atoms with Gasteiger partial charge in [0.1, 0.15) is 0 Å². The molecule has 1 aromatic rings. The molecule has 1 rings (SSSR count). The number of aliphatic hydroxyl groups excluding tert-OH is 1. The molecule has 4 nitrogen and oxygen atoms in total. The largest absolute Gasteiger partial charge is 0.395 e. The number of nitrogens with one attached hydrogen (secondary N) is 1. The van der Waals surface area contributed by atoms with Gasteiger partial charge in [0, 0.05) is 23.8 Å². The molecule has 1 heterocycles. The molecule has 20 heavy (non-hydrogen) atoms. The van der Waals surface area contributed by atoms with Crippen LogP contribution in [0, 0.1) is 12.8 Å². The van der Waals surface area contributed by atoms with E-state index in [4.69, 9.17) is 0 Å². The van der Waals surface area contributed by atoms with Crippen LogP contribution in [0.2, 0.25) is 0 Å². The number of aliphatic hydroxyl groups is 1. The minimum atomic E-state index is -0.00293. The zero-order valence-corrected chi connectivity index (χ0v) is 14.1. The Bertz CT molecular complexity index is 418. The first kappa shape index (κ1) is 17.2. The van der Waals surface area contributed by atoms with Crippen LogP contribution in [-0.2, 0) is 5.54 Å². The summed E-state index contributed by atoms with van der Waals surface area (Å²) in [6, 6.07) is 0.337. The van der Waals surface area contributed by atoms with Gasteiger partial charge in [0.25, 0.3) is 0 Å². The minimum absolute atomic E-state index is 0.00293. The highest BCUT2D eigenvalue weighted by Gasteiger charge is 2.21. The summed E-state index contributed by atoms with van der Waals surface area (Å²) >= 11 is 0. The first-order valence-corrected chi connectivity index (χ1v) is 7.58. The molecule has 0 saturated heterocycles. The fourth-order valence-corrected chi connectivity index (χ4v) is 2.45. The molecule has 0 radical (unpaired) electrons. The molecule has 4 heteroatoms. The van der Waals surface area contributed by atoms with E-state index in [-0.39, 0.29) is 24.2 Å². The number of hydrogen-bond donors (Lipinski definition) is 2. The van der Waals surface area contributed by atoms with Crippen LogP contribution in [0.5, 0.6) is 0 Å². The zero-order valence-electron chi connectivity index (χ0n) is 14.1. The monoisotopic (exact) mass is 281 g/mol. The molecule has 2 N–H and O–H groups in total. The summed E-state index contributed by atoms with van der Waals surface area (Å²) in [6.45, 7) is 15.2. The predicted molar refractivity (Wildman–Crippen MR) is 83.8 cm³/mol. The van der Waals surface area contributed by atoms with Gasteiger partial charge >= 0.3 is 0 Å². The van der Waals surface area contributed by atoms with Crippen LogP contribution in [0.15, 0.2) is 6.20 Å². The van der Waals surface area contributed by atoms with Crippen LogP contribution in [0.1, 0.15) is 65.3 Å². The topological polar surface area (TPSA) is 50.1 Å². The van der Waals surface area contributed by atoms with E-state index in [0.29, 0.717) is 5.92 Å². The van der Waals surface area contributed by atoms with Gasteiger partial charge in [-0.05, 0) is 47.0 Å². The smallest absolute Gasteiger partial charge is 0.0641 e. The van der Waals surface area contributed by atoms with Crippen molar-refractivity contribution < 1.29 is 5.11 Å². The normalized spacial score (nSPS) is 15.7. The van der Waals surface area contributed by atoms with Gasteiger partial charge in [0.2, 0.25) is 0 Å². The summed E-state index contributed by atoms with van der Waals surface area (Å²) in [7, 11) is 0. The molecular formula is C16H31N3O. The minimum Gasteiger partial charge on any atom is -0.395 e. The average Bonchev–Trinajstić information content (AvgIpc) is 2.69. The van der Waals surface area contributed by atoms with E-state index < -0.39 is 0 Å². The average molecular weight is 281 g/mol. The molecule has 0 amide bonds. The molecule has 2 unspecified atom stereocenters. The third kappa shape index (κ3) is 4.60. The maximum absolute atomic E-state index is 9.49. The fraction of sp³-hybridized carbons (Fsp3) is 0.812. The Morgan fingerprint density at radius 2 is 1.90 bits per heavy atom. The Balaban J connectivity index is 2.81. The summed E-state index contributed by atoms with van der Waals surface area (Å²) in [6.07, 6.45) is 3.10. The van der Waals surface area contributed by atoms with Crippen molar-refractivity contribution in [1.29, 1.82) is 0 Å². The van der Waals surface area contributed by atoms with Crippen molar-refractivity contribution in [3.8, 4) is 0 Å². The van der Waals surface area contributed by atoms with Crippen molar-refractivity contribution in [3.05, 3.63) is 17.5 Å². The lowest BCUT2D eigenvalue weighted by atomic mass is 10.0. The van der Waals surface area contributed by atoms with E-state index in [1.807, 2.05) is 11.6 Å². The van der Waals surface area contributed by atoms with E-state index in [0.717, 1.165) is 12.1 Å². The molecule has 1 aromatic heterocycles. The highest BCUT2D eigenvalue weighted by Crippen LogP contribution is 2.22. The maximum atomic E-state index is 9.49. The third-order valence-electron chi connectivity index (χ3n) is 3.55. The first-order chi connectivity index (χ1) is 9.15. The lowest BCUT2D eigenvalue weighted by Crippen LogP contribution is -2.35. The van der Waals surface area contributed by atoms with Crippen molar-refractivity contribution in [3.63, 3.8) is 0 Å². The maximum Gasteiger partial charge on any atom is 0.0641 e. The van der Waals surface area contributed by atoms with E-state index in [1.54, 1.807) is 0 Å². The number of aromatic nitrogens is 2. The van der Waals surface area contributed by atoms with Crippen molar-refractivity contribution in [2.75, 3.05) is 6.61 Å².